The summed E-state index contributed by atoms with van der Waals surface area (Å²) in [5.41, 5.74) is 1.45. The minimum Gasteiger partial charge on any atom is -0.423 e. The van der Waals surface area contributed by atoms with Gasteiger partial charge in [-0.2, -0.15) is 5.26 Å². The summed E-state index contributed by atoms with van der Waals surface area (Å²) < 4.78 is 10.3. The van der Waals surface area contributed by atoms with Crippen LogP contribution >= 0.6 is 0 Å². The maximum atomic E-state index is 12.0. The molecule has 1 heterocycles. The van der Waals surface area contributed by atoms with E-state index in [0.29, 0.717) is 22.8 Å². The van der Waals surface area contributed by atoms with Crippen molar-refractivity contribution in [1.82, 2.24) is 10.2 Å². The fraction of sp³-hybridized carbons (Fsp3) is 0. The second-order valence-corrected chi connectivity index (χ2v) is 4.35. The number of esters is 1. The van der Waals surface area contributed by atoms with E-state index in [2.05, 4.69) is 10.2 Å². The van der Waals surface area contributed by atoms with Crippen LogP contribution < -0.4 is 4.74 Å². The molecule has 1 aromatic heterocycles. The van der Waals surface area contributed by atoms with E-state index in [4.69, 9.17) is 14.4 Å². The Morgan fingerprint density at radius 3 is 2.68 bits per heavy atom. The third-order valence-electron chi connectivity index (χ3n) is 2.90. The van der Waals surface area contributed by atoms with Gasteiger partial charge in [0.25, 0.3) is 0 Å². The van der Waals surface area contributed by atoms with Crippen LogP contribution in [0, 0.1) is 11.3 Å². The van der Waals surface area contributed by atoms with Crippen LogP contribution in [-0.4, -0.2) is 16.2 Å². The Kier molecular flexibility index (Phi) is 3.62. The molecule has 6 nitrogen and oxygen atoms in total. The van der Waals surface area contributed by atoms with Crippen molar-refractivity contribution in [2.75, 3.05) is 0 Å². The number of aromatic nitrogens is 2. The molecule has 2 aromatic carbocycles. The number of hydrogen-bond acceptors (Lipinski definition) is 6. The van der Waals surface area contributed by atoms with Gasteiger partial charge in [0.05, 0.1) is 17.2 Å². The van der Waals surface area contributed by atoms with Crippen LogP contribution in [0.5, 0.6) is 5.75 Å². The van der Waals surface area contributed by atoms with Gasteiger partial charge in [-0.3, -0.25) is 0 Å². The molecule has 0 aliphatic rings. The summed E-state index contributed by atoms with van der Waals surface area (Å²) in [5.74, 6) is 0.248. The number of nitriles is 1. The average Bonchev–Trinajstić information content (AvgIpc) is 3.10. The second kappa shape index (κ2) is 5.89. The lowest BCUT2D eigenvalue weighted by Gasteiger charge is -2.05. The lowest BCUT2D eigenvalue weighted by Crippen LogP contribution is -2.08. The Bertz CT molecular complexity index is 834. The molecule has 0 fully saturated rings. The van der Waals surface area contributed by atoms with Crippen molar-refractivity contribution in [3.05, 3.63) is 66.1 Å². The second-order valence-electron chi connectivity index (χ2n) is 4.35. The zero-order valence-electron chi connectivity index (χ0n) is 11.3. The molecule has 22 heavy (non-hydrogen) atoms. The van der Waals surface area contributed by atoms with Crippen molar-refractivity contribution in [1.29, 1.82) is 5.26 Å². The SMILES string of the molecule is N#Cc1cccc(C(=O)Oc2ccc(-c3nnco3)cc2)c1. The quantitative estimate of drug-likeness (QED) is 0.544. The smallest absolute Gasteiger partial charge is 0.343 e. The van der Waals surface area contributed by atoms with Gasteiger partial charge in [0.15, 0.2) is 0 Å². The largest absolute Gasteiger partial charge is 0.423 e. The van der Waals surface area contributed by atoms with Crippen molar-refractivity contribution in [2.24, 2.45) is 0 Å². The van der Waals surface area contributed by atoms with E-state index >= 15 is 0 Å². The minimum atomic E-state index is -0.525. The molecule has 106 valence electrons. The molecule has 0 N–H and O–H groups in total. The number of rotatable bonds is 3. The summed E-state index contributed by atoms with van der Waals surface area (Å²) in [6.45, 7) is 0. The normalized spacial score (nSPS) is 9.95. The molecule has 0 radical (unpaired) electrons. The van der Waals surface area contributed by atoms with Crippen LogP contribution in [0.25, 0.3) is 11.5 Å². The van der Waals surface area contributed by atoms with Crippen LogP contribution in [0.2, 0.25) is 0 Å². The van der Waals surface area contributed by atoms with Gasteiger partial charge in [0.2, 0.25) is 12.3 Å². The van der Waals surface area contributed by atoms with E-state index in [9.17, 15) is 4.79 Å². The van der Waals surface area contributed by atoms with Crippen molar-refractivity contribution in [3.63, 3.8) is 0 Å². The molecule has 0 unspecified atom stereocenters. The highest BCUT2D eigenvalue weighted by Gasteiger charge is 2.10. The molecule has 0 atom stereocenters. The van der Waals surface area contributed by atoms with Crippen molar-refractivity contribution < 1.29 is 13.9 Å². The van der Waals surface area contributed by atoms with Gasteiger partial charge in [0, 0.05) is 5.56 Å². The molecule has 3 rings (SSSR count). The van der Waals surface area contributed by atoms with E-state index in [0.717, 1.165) is 5.56 Å². The number of carbonyl (C=O) groups excluding carboxylic acids is 1. The number of ether oxygens (including phenoxy) is 1. The summed E-state index contributed by atoms with van der Waals surface area (Å²) in [7, 11) is 0. The highest BCUT2D eigenvalue weighted by atomic mass is 16.5. The first-order valence-corrected chi connectivity index (χ1v) is 6.35. The van der Waals surface area contributed by atoms with E-state index < -0.39 is 5.97 Å². The van der Waals surface area contributed by atoms with Gasteiger partial charge < -0.3 is 9.15 Å². The van der Waals surface area contributed by atoms with Crippen molar-refractivity contribution in [3.8, 4) is 23.3 Å². The van der Waals surface area contributed by atoms with Crippen LogP contribution in [0.3, 0.4) is 0 Å². The average molecular weight is 291 g/mol. The van der Waals surface area contributed by atoms with Gasteiger partial charge in [-0.1, -0.05) is 6.07 Å². The molecule has 0 spiro atoms. The first kappa shape index (κ1) is 13.5. The lowest BCUT2D eigenvalue weighted by atomic mass is 10.1. The van der Waals surface area contributed by atoms with Gasteiger partial charge in [-0.15, -0.1) is 10.2 Å². The Morgan fingerprint density at radius 2 is 2.00 bits per heavy atom. The summed E-state index contributed by atoms with van der Waals surface area (Å²) in [5, 5.41) is 16.2. The molecule has 3 aromatic rings. The highest BCUT2D eigenvalue weighted by molar-refractivity contribution is 5.91. The monoisotopic (exact) mass is 291 g/mol. The van der Waals surface area contributed by atoms with Crippen molar-refractivity contribution >= 4 is 5.97 Å². The summed E-state index contributed by atoms with van der Waals surface area (Å²) >= 11 is 0. The molecular weight excluding hydrogens is 282 g/mol. The molecule has 0 bridgehead atoms. The van der Waals surface area contributed by atoms with Gasteiger partial charge in [-0.05, 0) is 42.5 Å². The van der Waals surface area contributed by atoms with Crippen LogP contribution in [0.15, 0.2) is 59.3 Å². The van der Waals surface area contributed by atoms with Gasteiger partial charge in [0.1, 0.15) is 5.75 Å². The highest BCUT2D eigenvalue weighted by Crippen LogP contribution is 2.21. The topological polar surface area (TPSA) is 89.0 Å². The molecule has 0 aliphatic heterocycles. The summed E-state index contributed by atoms with van der Waals surface area (Å²) in [6, 6.07) is 15.0. The van der Waals surface area contributed by atoms with E-state index in [1.807, 2.05) is 6.07 Å². The van der Waals surface area contributed by atoms with Crippen LogP contribution in [0.1, 0.15) is 15.9 Å². The third kappa shape index (κ3) is 2.83. The fourth-order valence-corrected chi connectivity index (χ4v) is 1.85. The minimum absolute atomic E-state index is 0.319. The predicted molar refractivity (Wildman–Crippen MR) is 75.8 cm³/mol. The van der Waals surface area contributed by atoms with E-state index in [-0.39, 0.29) is 0 Å². The number of nitrogens with zero attached hydrogens (tertiary/aromatic N) is 3. The van der Waals surface area contributed by atoms with Gasteiger partial charge in [-0.25, -0.2) is 4.79 Å². The summed E-state index contributed by atoms with van der Waals surface area (Å²) in [6.07, 6.45) is 1.24. The van der Waals surface area contributed by atoms with Crippen LogP contribution in [-0.2, 0) is 0 Å². The lowest BCUT2D eigenvalue weighted by molar-refractivity contribution is 0.0734. The number of benzene rings is 2. The predicted octanol–water partition coefficient (Wildman–Crippen LogP) is 2.83. The standard InChI is InChI=1S/C16H9N3O3/c17-9-11-2-1-3-13(8-11)16(20)22-14-6-4-12(5-7-14)15-19-18-10-21-15/h1-8,10H. The maximum absolute atomic E-state index is 12.0. The Labute approximate surface area is 125 Å². The first-order chi connectivity index (χ1) is 10.8. The Balaban J connectivity index is 1.75. The first-order valence-electron chi connectivity index (χ1n) is 6.35. The molecule has 6 heteroatoms. The Morgan fingerprint density at radius 1 is 1.18 bits per heavy atom. The zero-order valence-corrected chi connectivity index (χ0v) is 11.3. The molecule has 0 amide bonds. The van der Waals surface area contributed by atoms with Crippen molar-refractivity contribution in [2.45, 2.75) is 0 Å². The molecule has 0 saturated carbocycles. The van der Waals surface area contributed by atoms with E-state index in [1.54, 1.807) is 42.5 Å². The third-order valence-corrected chi connectivity index (χ3v) is 2.90. The Hall–Kier alpha value is -3.46. The van der Waals surface area contributed by atoms with Gasteiger partial charge >= 0.3 is 5.97 Å². The molecule has 0 aliphatic carbocycles. The van der Waals surface area contributed by atoms with Crippen LogP contribution in [0.4, 0.5) is 0 Å². The summed E-state index contributed by atoms with van der Waals surface area (Å²) in [4.78, 5) is 12.0. The molecule has 0 saturated heterocycles. The molecular formula is C16H9N3O3. The fourth-order valence-electron chi connectivity index (χ4n) is 1.85. The number of carbonyl (C=O) groups is 1. The van der Waals surface area contributed by atoms with E-state index in [1.165, 1.54) is 12.5 Å². The zero-order chi connectivity index (χ0) is 15.4. The maximum Gasteiger partial charge on any atom is 0.343 e. The number of hydrogen-bond donors (Lipinski definition) is 0.